The molecule has 0 spiro atoms. The molecule has 38 heavy (non-hydrogen) atoms. The zero-order chi connectivity index (χ0) is 28.0. The Kier molecular flexibility index (Phi) is 9.51. The molecule has 0 unspecified atom stereocenters. The van der Waals surface area contributed by atoms with Crippen LogP contribution in [0.5, 0.6) is 34.5 Å². The number of phenolic OH excluding ortho intramolecular Hbond substituents is 1. The summed E-state index contributed by atoms with van der Waals surface area (Å²) < 4.78 is 44.6. The molecule has 1 fully saturated rings. The van der Waals surface area contributed by atoms with Gasteiger partial charge in [0, 0.05) is 25.7 Å². The van der Waals surface area contributed by atoms with Gasteiger partial charge in [-0.05, 0) is 35.4 Å². The first-order chi connectivity index (χ1) is 18.2. The SMILES string of the molecule is COc1cc([C@H]2O[C@@H](c3cc(OC)c(OC)c(OC)c3)[C@@H](COC(C)=O)[C@@H]2COC(C)=O)cc(OC)c1O. The lowest BCUT2D eigenvalue weighted by Gasteiger charge is -2.24. The number of hydrogen-bond donors (Lipinski definition) is 1. The van der Waals surface area contributed by atoms with Crippen molar-refractivity contribution in [3.63, 3.8) is 0 Å². The van der Waals surface area contributed by atoms with Gasteiger partial charge in [-0.25, -0.2) is 0 Å². The molecule has 0 aromatic heterocycles. The normalized spacial score (nSPS) is 20.4. The molecule has 0 bridgehead atoms. The van der Waals surface area contributed by atoms with Crippen LogP contribution in [-0.2, 0) is 23.8 Å². The minimum Gasteiger partial charge on any atom is -0.502 e. The van der Waals surface area contributed by atoms with Gasteiger partial charge in [0.1, 0.15) is 0 Å². The van der Waals surface area contributed by atoms with Crippen molar-refractivity contribution in [1.29, 1.82) is 0 Å². The third kappa shape index (κ3) is 5.99. The van der Waals surface area contributed by atoms with Gasteiger partial charge in [-0.2, -0.15) is 0 Å². The van der Waals surface area contributed by atoms with E-state index in [1.54, 1.807) is 24.3 Å². The van der Waals surface area contributed by atoms with Crippen LogP contribution in [-0.4, -0.2) is 65.8 Å². The highest BCUT2D eigenvalue weighted by atomic mass is 16.6. The van der Waals surface area contributed by atoms with Crippen molar-refractivity contribution in [2.24, 2.45) is 11.8 Å². The molecule has 208 valence electrons. The van der Waals surface area contributed by atoms with E-state index in [1.165, 1.54) is 49.4 Å². The molecule has 11 nitrogen and oxygen atoms in total. The van der Waals surface area contributed by atoms with Gasteiger partial charge in [0.2, 0.25) is 11.5 Å². The lowest BCUT2D eigenvalue weighted by Crippen LogP contribution is -2.27. The number of carbonyl (C=O) groups is 2. The van der Waals surface area contributed by atoms with E-state index in [9.17, 15) is 14.7 Å². The quantitative estimate of drug-likeness (QED) is 0.425. The van der Waals surface area contributed by atoms with Gasteiger partial charge < -0.3 is 43.0 Å². The first-order valence-electron chi connectivity index (χ1n) is 11.9. The van der Waals surface area contributed by atoms with Crippen LogP contribution in [0.2, 0.25) is 0 Å². The second kappa shape index (κ2) is 12.6. The van der Waals surface area contributed by atoms with Crippen molar-refractivity contribution in [3.8, 4) is 34.5 Å². The van der Waals surface area contributed by atoms with Crippen molar-refractivity contribution in [2.45, 2.75) is 26.1 Å². The molecule has 0 saturated carbocycles. The van der Waals surface area contributed by atoms with Gasteiger partial charge >= 0.3 is 11.9 Å². The Hall–Kier alpha value is -3.86. The molecular formula is C27H34O11. The molecule has 2 aromatic carbocycles. The van der Waals surface area contributed by atoms with Crippen LogP contribution in [0.4, 0.5) is 0 Å². The van der Waals surface area contributed by atoms with Crippen LogP contribution in [0.25, 0.3) is 0 Å². The molecule has 0 amide bonds. The van der Waals surface area contributed by atoms with Crippen LogP contribution < -0.4 is 23.7 Å². The van der Waals surface area contributed by atoms with Gasteiger partial charge in [0.05, 0.1) is 61.0 Å². The molecule has 0 aliphatic carbocycles. The number of rotatable bonds is 11. The summed E-state index contributed by atoms with van der Waals surface area (Å²) in [6, 6.07) is 6.78. The number of benzene rings is 2. The number of hydrogen-bond acceptors (Lipinski definition) is 11. The lowest BCUT2D eigenvalue weighted by molar-refractivity contribution is -0.146. The fourth-order valence-corrected chi connectivity index (χ4v) is 4.65. The maximum atomic E-state index is 11.8. The summed E-state index contributed by atoms with van der Waals surface area (Å²) in [6.07, 6.45) is -1.30. The second-order valence-corrected chi connectivity index (χ2v) is 8.64. The summed E-state index contributed by atoms with van der Waals surface area (Å²) in [7, 11) is 7.37. The maximum absolute atomic E-state index is 11.8. The van der Waals surface area contributed by atoms with Crippen LogP contribution in [0.15, 0.2) is 24.3 Å². The standard InChI is InChI=1S/C27H34O11/c1-14(28)36-12-18-19(13-37-15(2)29)26(17-10-22(33-5)27(35-7)23(11-17)34-6)38-25(18)16-8-20(31-3)24(30)21(9-16)32-4/h8-11,18-19,25-26,30H,12-13H2,1-7H3/t18-,19-,25+,26-/m0/s1. The third-order valence-corrected chi connectivity index (χ3v) is 6.43. The molecule has 1 N–H and O–H groups in total. The third-order valence-electron chi connectivity index (χ3n) is 6.43. The lowest BCUT2D eigenvalue weighted by atomic mass is 9.83. The monoisotopic (exact) mass is 534 g/mol. The molecule has 1 aliphatic rings. The second-order valence-electron chi connectivity index (χ2n) is 8.64. The van der Waals surface area contributed by atoms with Gasteiger partial charge in [-0.1, -0.05) is 0 Å². The van der Waals surface area contributed by atoms with Crippen molar-refractivity contribution in [3.05, 3.63) is 35.4 Å². The summed E-state index contributed by atoms with van der Waals surface area (Å²) in [6.45, 7) is 2.61. The van der Waals surface area contributed by atoms with Gasteiger partial charge in [-0.15, -0.1) is 0 Å². The molecule has 2 aromatic rings. The minimum atomic E-state index is -0.664. The highest BCUT2D eigenvalue weighted by Crippen LogP contribution is 2.53. The first kappa shape index (κ1) is 28.7. The van der Waals surface area contributed by atoms with Crippen molar-refractivity contribution >= 4 is 11.9 Å². The first-order valence-corrected chi connectivity index (χ1v) is 11.9. The minimum absolute atomic E-state index is 0.00849. The van der Waals surface area contributed by atoms with E-state index in [0.29, 0.717) is 28.4 Å². The Balaban J connectivity index is 2.17. The Morgan fingerprint density at radius 3 is 1.37 bits per heavy atom. The zero-order valence-corrected chi connectivity index (χ0v) is 22.6. The smallest absolute Gasteiger partial charge is 0.302 e. The summed E-state index contributed by atoms with van der Waals surface area (Å²) in [5.74, 6) is -0.375. The number of methoxy groups -OCH3 is 5. The molecule has 4 atom stereocenters. The Morgan fingerprint density at radius 2 is 1.05 bits per heavy atom. The van der Waals surface area contributed by atoms with Crippen molar-refractivity contribution < 1.29 is 52.6 Å². The van der Waals surface area contributed by atoms with E-state index in [1.807, 2.05) is 0 Å². The van der Waals surface area contributed by atoms with E-state index in [4.69, 9.17) is 37.9 Å². The van der Waals surface area contributed by atoms with Crippen LogP contribution in [0, 0.1) is 11.8 Å². The summed E-state index contributed by atoms with van der Waals surface area (Å²) in [5.41, 5.74) is 1.28. The molecule has 1 saturated heterocycles. The van der Waals surface area contributed by atoms with Gasteiger partial charge in [-0.3, -0.25) is 9.59 Å². The van der Waals surface area contributed by atoms with Crippen LogP contribution in [0.1, 0.15) is 37.2 Å². The number of aromatic hydroxyl groups is 1. The fraction of sp³-hybridized carbons (Fsp3) is 0.481. The number of carbonyl (C=O) groups excluding carboxylic acids is 2. The predicted octanol–water partition coefficient (Wildman–Crippen LogP) is 3.61. The molecule has 1 heterocycles. The van der Waals surface area contributed by atoms with Crippen LogP contribution in [0.3, 0.4) is 0 Å². The Bertz CT molecular complexity index is 1100. The number of esters is 2. The van der Waals surface area contributed by atoms with E-state index in [-0.39, 0.29) is 30.5 Å². The fourth-order valence-electron chi connectivity index (χ4n) is 4.65. The van der Waals surface area contributed by atoms with Crippen LogP contribution >= 0.6 is 0 Å². The van der Waals surface area contributed by atoms with Gasteiger partial charge in [0.15, 0.2) is 23.0 Å². The maximum Gasteiger partial charge on any atom is 0.302 e. The summed E-state index contributed by atoms with van der Waals surface area (Å²) in [4.78, 5) is 23.6. The van der Waals surface area contributed by atoms with Gasteiger partial charge in [0.25, 0.3) is 0 Å². The largest absolute Gasteiger partial charge is 0.502 e. The molecule has 3 rings (SSSR count). The molecule has 11 heteroatoms. The number of ether oxygens (including phenoxy) is 8. The highest BCUT2D eigenvalue weighted by molar-refractivity contribution is 5.66. The van der Waals surface area contributed by atoms with Crippen molar-refractivity contribution in [2.75, 3.05) is 48.8 Å². The predicted molar refractivity (Wildman–Crippen MR) is 134 cm³/mol. The summed E-state index contributed by atoms with van der Waals surface area (Å²) >= 11 is 0. The molecule has 1 aliphatic heterocycles. The van der Waals surface area contributed by atoms with E-state index < -0.39 is 36.0 Å². The molecule has 0 radical (unpaired) electrons. The number of phenols is 1. The molecular weight excluding hydrogens is 500 g/mol. The van der Waals surface area contributed by atoms with E-state index in [2.05, 4.69) is 0 Å². The highest BCUT2D eigenvalue weighted by Gasteiger charge is 2.47. The zero-order valence-electron chi connectivity index (χ0n) is 22.6. The average molecular weight is 535 g/mol. The van der Waals surface area contributed by atoms with E-state index in [0.717, 1.165) is 0 Å². The summed E-state index contributed by atoms with van der Waals surface area (Å²) in [5, 5.41) is 10.4. The average Bonchev–Trinajstić information content (AvgIpc) is 3.28. The Morgan fingerprint density at radius 1 is 0.684 bits per heavy atom. The van der Waals surface area contributed by atoms with E-state index >= 15 is 0 Å². The topological polar surface area (TPSA) is 128 Å². The Labute approximate surface area is 221 Å². The van der Waals surface area contributed by atoms with Crippen molar-refractivity contribution in [1.82, 2.24) is 0 Å².